The number of hydrogen-bond donors (Lipinski definition) is 2. The summed E-state index contributed by atoms with van der Waals surface area (Å²) in [6.45, 7) is 1.90. The third kappa shape index (κ3) is 2.22. The van der Waals surface area contributed by atoms with Crippen molar-refractivity contribution in [2.45, 2.75) is 26.2 Å². The molecule has 96 valence electrons. The second kappa shape index (κ2) is 4.86. The molecule has 0 saturated heterocycles. The lowest BCUT2D eigenvalue weighted by molar-refractivity contribution is -0.125. The number of amides is 1. The van der Waals surface area contributed by atoms with Gasteiger partial charge in [-0.25, -0.2) is 0 Å². The highest BCUT2D eigenvalue weighted by molar-refractivity contribution is 7.80. The van der Waals surface area contributed by atoms with Crippen LogP contribution in [-0.2, 0) is 4.79 Å². The smallest absolute Gasteiger partial charge is 0.237 e. The zero-order chi connectivity index (χ0) is 13.3. The van der Waals surface area contributed by atoms with Gasteiger partial charge in [0.25, 0.3) is 0 Å². The SMILES string of the molecule is Cc1cc(Cl)ccc1NC(=O)C1(C(N)=S)CCC1. The molecule has 0 atom stereocenters. The molecule has 0 heterocycles. The van der Waals surface area contributed by atoms with Gasteiger partial charge in [-0.3, -0.25) is 4.79 Å². The molecule has 18 heavy (non-hydrogen) atoms. The maximum atomic E-state index is 12.3. The Kier molecular flexibility index (Phi) is 3.59. The van der Waals surface area contributed by atoms with Crippen molar-refractivity contribution in [3.8, 4) is 0 Å². The summed E-state index contributed by atoms with van der Waals surface area (Å²) in [5.41, 5.74) is 6.73. The minimum Gasteiger partial charge on any atom is -0.392 e. The molecule has 3 N–H and O–H groups in total. The molecule has 1 aliphatic rings. The largest absolute Gasteiger partial charge is 0.392 e. The van der Waals surface area contributed by atoms with Gasteiger partial charge in [0.1, 0.15) is 0 Å². The third-order valence-electron chi connectivity index (χ3n) is 3.55. The van der Waals surface area contributed by atoms with E-state index in [1.807, 2.05) is 13.0 Å². The van der Waals surface area contributed by atoms with Crippen LogP contribution in [0, 0.1) is 12.3 Å². The molecule has 2 rings (SSSR count). The Balaban J connectivity index is 2.19. The van der Waals surface area contributed by atoms with Crippen LogP contribution in [0.15, 0.2) is 18.2 Å². The summed E-state index contributed by atoms with van der Waals surface area (Å²) in [5.74, 6) is -0.105. The first-order valence-electron chi connectivity index (χ1n) is 5.83. The summed E-state index contributed by atoms with van der Waals surface area (Å²) in [5, 5.41) is 3.55. The van der Waals surface area contributed by atoms with Crippen LogP contribution in [-0.4, -0.2) is 10.9 Å². The quantitative estimate of drug-likeness (QED) is 0.838. The van der Waals surface area contributed by atoms with Gasteiger partial charge in [0.15, 0.2) is 0 Å². The fraction of sp³-hybridized carbons (Fsp3) is 0.385. The number of nitrogens with two attached hydrogens (primary N) is 1. The molecule has 1 saturated carbocycles. The van der Waals surface area contributed by atoms with Crippen LogP contribution < -0.4 is 11.1 Å². The Bertz CT molecular complexity index is 512. The number of aryl methyl sites for hydroxylation is 1. The molecular formula is C13H15ClN2OS. The number of carbonyl (C=O) groups is 1. The molecule has 0 aliphatic heterocycles. The van der Waals surface area contributed by atoms with E-state index in [2.05, 4.69) is 5.32 Å². The van der Waals surface area contributed by atoms with Crippen molar-refractivity contribution in [3.63, 3.8) is 0 Å². The molecular weight excluding hydrogens is 268 g/mol. The normalized spacial score (nSPS) is 16.8. The van der Waals surface area contributed by atoms with E-state index < -0.39 is 5.41 Å². The second-order valence-electron chi connectivity index (χ2n) is 4.71. The molecule has 0 bridgehead atoms. The molecule has 0 unspecified atom stereocenters. The van der Waals surface area contributed by atoms with Gasteiger partial charge in [-0.15, -0.1) is 0 Å². The number of benzene rings is 1. The highest BCUT2D eigenvalue weighted by Gasteiger charge is 2.46. The Morgan fingerprint density at radius 2 is 2.17 bits per heavy atom. The van der Waals surface area contributed by atoms with Gasteiger partial charge < -0.3 is 11.1 Å². The maximum absolute atomic E-state index is 12.3. The first-order valence-corrected chi connectivity index (χ1v) is 6.62. The highest BCUT2D eigenvalue weighted by Crippen LogP contribution is 2.42. The molecule has 0 radical (unpaired) electrons. The molecule has 0 aromatic heterocycles. The van der Waals surface area contributed by atoms with Crippen molar-refractivity contribution >= 4 is 40.4 Å². The number of anilines is 1. The number of thiocarbonyl (C=S) groups is 1. The summed E-state index contributed by atoms with van der Waals surface area (Å²) < 4.78 is 0. The number of carbonyl (C=O) groups excluding carboxylic acids is 1. The lowest BCUT2D eigenvalue weighted by Gasteiger charge is -2.39. The molecule has 0 spiro atoms. The molecule has 3 nitrogen and oxygen atoms in total. The van der Waals surface area contributed by atoms with E-state index in [4.69, 9.17) is 29.6 Å². The lowest BCUT2D eigenvalue weighted by atomic mass is 9.68. The number of hydrogen-bond acceptors (Lipinski definition) is 2. The van der Waals surface area contributed by atoms with Gasteiger partial charge in [0, 0.05) is 10.7 Å². The molecule has 5 heteroatoms. The van der Waals surface area contributed by atoms with Crippen LogP contribution in [0.3, 0.4) is 0 Å². The van der Waals surface area contributed by atoms with Crippen LogP contribution >= 0.6 is 23.8 Å². The van der Waals surface area contributed by atoms with Gasteiger partial charge in [0.2, 0.25) is 5.91 Å². The number of rotatable bonds is 3. The van der Waals surface area contributed by atoms with E-state index in [0.717, 1.165) is 30.5 Å². The topological polar surface area (TPSA) is 55.1 Å². The average molecular weight is 283 g/mol. The zero-order valence-electron chi connectivity index (χ0n) is 10.1. The summed E-state index contributed by atoms with van der Waals surface area (Å²) >= 11 is 10.9. The summed E-state index contributed by atoms with van der Waals surface area (Å²) in [7, 11) is 0. The minimum atomic E-state index is -0.651. The fourth-order valence-corrected chi connectivity index (χ4v) is 2.65. The van der Waals surface area contributed by atoms with Crippen molar-refractivity contribution in [2.24, 2.45) is 11.1 Å². The molecule has 1 aromatic carbocycles. The van der Waals surface area contributed by atoms with Crippen molar-refractivity contribution in [1.82, 2.24) is 0 Å². The van der Waals surface area contributed by atoms with Gasteiger partial charge in [-0.2, -0.15) is 0 Å². The monoisotopic (exact) mass is 282 g/mol. The molecule has 1 aliphatic carbocycles. The zero-order valence-corrected chi connectivity index (χ0v) is 11.7. The van der Waals surface area contributed by atoms with Gasteiger partial charge >= 0.3 is 0 Å². The third-order valence-corrected chi connectivity index (χ3v) is 4.18. The number of nitrogens with one attached hydrogen (secondary N) is 1. The lowest BCUT2D eigenvalue weighted by Crippen LogP contribution is -2.50. The average Bonchev–Trinajstić information content (AvgIpc) is 2.19. The van der Waals surface area contributed by atoms with Crippen LogP contribution in [0.1, 0.15) is 24.8 Å². The predicted octanol–water partition coefficient (Wildman–Crippen LogP) is 3.04. The van der Waals surface area contributed by atoms with E-state index in [0.29, 0.717) is 5.02 Å². The Labute approximate surface area is 117 Å². The summed E-state index contributed by atoms with van der Waals surface area (Å²) in [6, 6.07) is 5.35. The van der Waals surface area contributed by atoms with Crippen molar-refractivity contribution < 1.29 is 4.79 Å². The van der Waals surface area contributed by atoms with Crippen molar-refractivity contribution in [1.29, 1.82) is 0 Å². The van der Waals surface area contributed by atoms with E-state index in [-0.39, 0.29) is 10.9 Å². The second-order valence-corrected chi connectivity index (χ2v) is 5.59. The molecule has 1 fully saturated rings. The first-order chi connectivity index (χ1) is 8.45. The fourth-order valence-electron chi connectivity index (χ4n) is 2.12. The Hall–Kier alpha value is -1.13. The molecule has 1 amide bonds. The summed E-state index contributed by atoms with van der Waals surface area (Å²) in [4.78, 5) is 12.6. The van der Waals surface area contributed by atoms with E-state index in [1.54, 1.807) is 12.1 Å². The van der Waals surface area contributed by atoms with Gasteiger partial charge in [-0.05, 0) is 43.5 Å². The number of halogens is 1. The van der Waals surface area contributed by atoms with Crippen molar-refractivity contribution in [2.75, 3.05) is 5.32 Å². The van der Waals surface area contributed by atoms with Crippen LogP contribution in [0.4, 0.5) is 5.69 Å². The predicted molar refractivity (Wildman–Crippen MR) is 77.9 cm³/mol. The van der Waals surface area contributed by atoms with Gasteiger partial charge in [0.05, 0.1) is 10.4 Å². The van der Waals surface area contributed by atoms with E-state index in [1.165, 1.54) is 0 Å². The summed E-state index contributed by atoms with van der Waals surface area (Å²) in [6.07, 6.45) is 2.46. The van der Waals surface area contributed by atoms with Gasteiger partial charge in [-0.1, -0.05) is 30.2 Å². The molecule has 1 aromatic rings. The highest BCUT2D eigenvalue weighted by atomic mass is 35.5. The first kappa shape index (κ1) is 13.3. The maximum Gasteiger partial charge on any atom is 0.237 e. The Morgan fingerprint density at radius 3 is 2.61 bits per heavy atom. The Morgan fingerprint density at radius 1 is 1.50 bits per heavy atom. The van der Waals surface area contributed by atoms with Crippen LogP contribution in [0.2, 0.25) is 5.02 Å². The van der Waals surface area contributed by atoms with Crippen LogP contribution in [0.25, 0.3) is 0 Å². The minimum absolute atomic E-state index is 0.105. The van der Waals surface area contributed by atoms with Crippen molar-refractivity contribution in [3.05, 3.63) is 28.8 Å². The van der Waals surface area contributed by atoms with E-state index in [9.17, 15) is 4.79 Å². The van der Waals surface area contributed by atoms with Crippen LogP contribution in [0.5, 0.6) is 0 Å². The van der Waals surface area contributed by atoms with E-state index >= 15 is 0 Å². The standard InChI is InChI=1S/C13H15ClN2OS/c1-8-7-9(14)3-4-10(8)16-12(17)13(11(15)18)5-2-6-13/h3-4,7H,2,5-6H2,1H3,(H2,15,18)(H,16,17).